The molecule has 0 aliphatic rings. The van der Waals surface area contributed by atoms with Crippen LogP contribution in [0.25, 0.3) is 0 Å². The SMILES string of the molecule is COc1ccccc1CC(C(=O)O)N(C)C(=O)c1ccccc1. The fourth-order valence-corrected chi connectivity index (χ4v) is 2.40. The molecule has 5 heteroatoms. The third kappa shape index (κ3) is 3.88. The predicted octanol–water partition coefficient (Wildman–Crippen LogP) is 2.46. The van der Waals surface area contributed by atoms with E-state index in [4.69, 9.17) is 4.74 Å². The van der Waals surface area contributed by atoms with Crippen molar-refractivity contribution in [2.24, 2.45) is 0 Å². The lowest BCUT2D eigenvalue weighted by molar-refractivity contribution is -0.141. The smallest absolute Gasteiger partial charge is 0.326 e. The molecule has 2 aromatic rings. The number of carboxylic acid groups (broad SMARTS) is 1. The van der Waals surface area contributed by atoms with E-state index in [1.165, 1.54) is 19.1 Å². The Hall–Kier alpha value is -2.82. The van der Waals surface area contributed by atoms with Gasteiger partial charge in [0.05, 0.1) is 7.11 Å². The number of benzene rings is 2. The number of carbonyl (C=O) groups is 2. The van der Waals surface area contributed by atoms with E-state index < -0.39 is 12.0 Å². The van der Waals surface area contributed by atoms with Crippen molar-refractivity contribution in [1.82, 2.24) is 4.90 Å². The summed E-state index contributed by atoms with van der Waals surface area (Å²) >= 11 is 0. The van der Waals surface area contributed by atoms with Crippen molar-refractivity contribution in [3.05, 3.63) is 65.7 Å². The molecule has 120 valence electrons. The van der Waals surface area contributed by atoms with Gasteiger partial charge < -0.3 is 14.7 Å². The highest BCUT2D eigenvalue weighted by molar-refractivity contribution is 5.96. The minimum absolute atomic E-state index is 0.175. The molecule has 0 aliphatic carbocycles. The first-order chi connectivity index (χ1) is 11.0. The summed E-state index contributed by atoms with van der Waals surface area (Å²) in [5, 5.41) is 9.53. The molecule has 0 heterocycles. The summed E-state index contributed by atoms with van der Waals surface area (Å²) in [6.45, 7) is 0. The van der Waals surface area contributed by atoms with Gasteiger partial charge in [-0.05, 0) is 23.8 Å². The fraction of sp³-hybridized carbons (Fsp3) is 0.222. The minimum Gasteiger partial charge on any atom is -0.496 e. The van der Waals surface area contributed by atoms with E-state index in [2.05, 4.69) is 0 Å². The summed E-state index contributed by atoms with van der Waals surface area (Å²) in [5.74, 6) is -0.769. The Labute approximate surface area is 135 Å². The van der Waals surface area contributed by atoms with Crippen molar-refractivity contribution < 1.29 is 19.4 Å². The molecule has 1 unspecified atom stereocenters. The van der Waals surface area contributed by atoms with Crippen molar-refractivity contribution in [3.63, 3.8) is 0 Å². The molecule has 0 saturated carbocycles. The molecule has 0 aromatic heterocycles. The summed E-state index contributed by atoms with van der Waals surface area (Å²) in [7, 11) is 3.04. The zero-order valence-electron chi connectivity index (χ0n) is 13.1. The third-order valence-corrected chi connectivity index (χ3v) is 3.70. The molecule has 1 amide bonds. The van der Waals surface area contributed by atoms with Crippen molar-refractivity contribution in [1.29, 1.82) is 0 Å². The molecule has 23 heavy (non-hydrogen) atoms. The van der Waals surface area contributed by atoms with E-state index in [1.807, 2.05) is 12.1 Å². The number of likely N-dealkylation sites (N-methyl/N-ethyl adjacent to an activating group) is 1. The maximum atomic E-state index is 12.5. The normalized spacial score (nSPS) is 11.6. The van der Waals surface area contributed by atoms with Crippen LogP contribution in [0.4, 0.5) is 0 Å². The first kappa shape index (κ1) is 16.5. The summed E-state index contributed by atoms with van der Waals surface area (Å²) in [6.07, 6.45) is 0.175. The zero-order chi connectivity index (χ0) is 16.8. The van der Waals surface area contributed by atoms with Gasteiger partial charge in [0.1, 0.15) is 11.8 Å². The highest BCUT2D eigenvalue weighted by Gasteiger charge is 2.28. The van der Waals surface area contributed by atoms with Crippen molar-refractivity contribution in [2.45, 2.75) is 12.5 Å². The van der Waals surface area contributed by atoms with Gasteiger partial charge in [-0.2, -0.15) is 0 Å². The molecule has 0 radical (unpaired) electrons. The molecule has 0 spiro atoms. The maximum absolute atomic E-state index is 12.5. The van der Waals surface area contributed by atoms with E-state index in [0.717, 1.165) is 5.56 Å². The quantitative estimate of drug-likeness (QED) is 0.889. The number of carbonyl (C=O) groups excluding carboxylic acids is 1. The molecule has 2 aromatic carbocycles. The molecular formula is C18H19NO4. The van der Waals surface area contributed by atoms with E-state index >= 15 is 0 Å². The number of para-hydroxylation sites is 1. The highest BCUT2D eigenvalue weighted by atomic mass is 16.5. The number of methoxy groups -OCH3 is 1. The lowest BCUT2D eigenvalue weighted by Gasteiger charge is -2.25. The number of hydrogen-bond acceptors (Lipinski definition) is 3. The van der Waals surface area contributed by atoms with Gasteiger partial charge in [-0.15, -0.1) is 0 Å². The first-order valence-electron chi connectivity index (χ1n) is 7.21. The van der Waals surface area contributed by atoms with Crippen LogP contribution in [0.2, 0.25) is 0 Å². The van der Waals surface area contributed by atoms with Crippen molar-refractivity contribution >= 4 is 11.9 Å². The zero-order valence-corrected chi connectivity index (χ0v) is 13.1. The van der Waals surface area contributed by atoms with Crippen LogP contribution in [-0.4, -0.2) is 42.1 Å². The van der Waals surface area contributed by atoms with Crippen LogP contribution < -0.4 is 4.74 Å². The number of amides is 1. The Bertz CT molecular complexity index is 684. The topological polar surface area (TPSA) is 66.8 Å². The summed E-state index contributed by atoms with van der Waals surface area (Å²) in [6, 6.07) is 14.9. The van der Waals surface area contributed by atoms with Crippen molar-refractivity contribution in [2.75, 3.05) is 14.2 Å². The number of ether oxygens (including phenoxy) is 1. The second-order valence-electron chi connectivity index (χ2n) is 5.15. The number of hydrogen-bond donors (Lipinski definition) is 1. The van der Waals surface area contributed by atoms with E-state index in [-0.39, 0.29) is 12.3 Å². The van der Waals surface area contributed by atoms with Gasteiger partial charge in [-0.25, -0.2) is 4.79 Å². The van der Waals surface area contributed by atoms with Crippen LogP contribution in [-0.2, 0) is 11.2 Å². The lowest BCUT2D eigenvalue weighted by Crippen LogP contribution is -2.43. The number of carboxylic acids is 1. The second kappa shape index (κ2) is 7.45. The fourth-order valence-electron chi connectivity index (χ4n) is 2.40. The summed E-state index contributed by atoms with van der Waals surface area (Å²) in [4.78, 5) is 25.4. The van der Waals surface area contributed by atoms with Gasteiger partial charge in [0.2, 0.25) is 0 Å². The third-order valence-electron chi connectivity index (χ3n) is 3.70. The van der Waals surface area contributed by atoms with Crippen LogP contribution in [0.15, 0.2) is 54.6 Å². The first-order valence-corrected chi connectivity index (χ1v) is 7.21. The number of rotatable bonds is 6. The number of aliphatic carboxylic acids is 1. The van der Waals surface area contributed by atoms with Crippen molar-refractivity contribution in [3.8, 4) is 5.75 Å². The largest absolute Gasteiger partial charge is 0.496 e. The van der Waals surface area contributed by atoms with Crippen LogP contribution in [0, 0.1) is 0 Å². The Morgan fingerprint density at radius 3 is 2.30 bits per heavy atom. The minimum atomic E-state index is -1.05. The molecule has 0 fully saturated rings. The van der Waals surface area contributed by atoms with E-state index in [0.29, 0.717) is 11.3 Å². The van der Waals surface area contributed by atoms with Gasteiger partial charge in [-0.3, -0.25) is 4.79 Å². The molecule has 2 rings (SSSR count). The summed E-state index contributed by atoms with van der Waals surface area (Å²) in [5.41, 5.74) is 1.20. The molecular weight excluding hydrogens is 294 g/mol. The lowest BCUT2D eigenvalue weighted by atomic mass is 10.0. The van der Waals surface area contributed by atoms with Crippen LogP contribution in [0.5, 0.6) is 5.75 Å². The Morgan fingerprint density at radius 2 is 1.70 bits per heavy atom. The summed E-state index contributed by atoms with van der Waals surface area (Å²) < 4.78 is 5.25. The molecule has 5 nitrogen and oxygen atoms in total. The molecule has 0 aliphatic heterocycles. The number of nitrogens with zero attached hydrogens (tertiary/aromatic N) is 1. The average molecular weight is 313 g/mol. The predicted molar refractivity (Wildman–Crippen MR) is 86.7 cm³/mol. The van der Waals surface area contributed by atoms with Crippen LogP contribution >= 0.6 is 0 Å². The van der Waals surface area contributed by atoms with E-state index in [9.17, 15) is 14.7 Å². The Kier molecular flexibility index (Phi) is 5.36. The molecule has 1 N–H and O–H groups in total. The maximum Gasteiger partial charge on any atom is 0.326 e. The second-order valence-corrected chi connectivity index (χ2v) is 5.15. The van der Waals surface area contributed by atoms with Gasteiger partial charge in [0, 0.05) is 19.0 Å². The van der Waals surface area contributed by atoms with Gasteiger partial charge in [0.25, 0.3) is 5.91 Å². The van der Waals surface area contributed by atoms with Gasteiger partial charge in [-0.1, -0.05) is 36.4 Å². The highest BCUT2D eigenvalue weighted by Crippen LogP contribution is 2.21. The Morgan fingerprint density at radius 1 is 1.09 bits per heavy atom. The van der Waals surface area contributed by atoms with Gasteiger partial charge >= 0.3 is 5.97 Å². The molecule has 0 saturated heterocycles. The van der Waals surface area contributed by atoms with E-state index in [1.54, 1.807) is 42.5 Å². The monoisotopic (exact) mass is 313 g/mol. The van der Waals surface area contributed by atoms with Crippen LogP contribution in [0.1, 0.15) is 15.9 Å². The Balaban J connectivity index is 2.24. The molecule has 0 bridgehead atoms. The van der Waals surface area contributed by atoms with Gasteiger partial charge in [0.15, 0.2) is 0 Å². The van der Waals surface area contributed by atoms with Crippen LogP contribution in [0.3, 0.4) is 0 Å². The average Bonchev–Trinajstić information content (AvgIpc) is 2.59. The standard InChI is InChI=1S/C18H19NO4/c1-19(17(20)13-8-4-3-5-9-13)15(18(21)22)12-14-10-6-7-11-16(14)23-2/h3-11,15H,12H2,1-2H3,(H,21,22). The molecule has 1 atom stereocenters.